The van der Waals surface area contributed by atoms with Crippen LogP contribution in [-0.4, -0.2) is 23.2 Å². The number of carboxylic acid groups (broad SMARTS) is 1. The molecule has 18 heavy (non-hydrogen) atoms. The van der Waals surface area contributed by atoms with Gasteiger partial charge in [0.05, 0.1) is 5.92 Å². The third-order valence-electron chi connectivity index (χ3n) is 4.64. The van der Waals surface area contributed by atoms with E-state index in [1.165, 1.54) is 51.4 Å². The Balaban J connectivity index is 1.92. The molecule has 0 aromatic rings. The highest BCUT2D eigenvalue weighted by atomic mass is 16.4. The second-order valence-corrected chi connectivity index (χ2v) is 6.04. The van der Waals surface area contributed by atoms with Gasteiger partial charge in [0.1, 0.15) is 0 Å². The van der Waals surface area contributed by atoms with Crippen LogP contribution in [0.2, 0.25) is 0 Å². The zero-order valence-electron chi connectivity index (χ0n) is 11.4. The molecule has 104 valence electrons. The average molecular weight is 253 g/mol. The van der Waals surface area contributed by atoms with Gasteiger partial charge in [0.25, 0.3) is 0 Å². The highest BCUT2D eigenvalue weighted by Crippen LogP contribution is 2.26. The number of nitrogens with one attached hydrogen (secondary N) is 1. The Hall–Kier alpha value is -0.570. The Morgan fingerprint density at radius 1 is 0.833 bits per heavy atom. The SMILES string of the molecule is O=C(O)C1CCCCCC1NC1CCCCCC1. The van der Waals surface area contributed by atoms with Crippen LogP contribution in [0.5, 0.6) is 0 Å². The van der Waals surface area contributed by atoms with E-state index < -0.39 is 5.97 Å². The van der Waals surface area contributed by atoms with E-state index in [0.29, 0.717) is 6.04 Å². The fourth-order valence-electron chi connectivity index (χ4n) is 3.55. The molecule has 0 bridgehead atoms. The maximum absolute atomic E-state index is 11.4. The molecule has 2 fully saturated rings. The Kier molecular flexibility index (Phi) is 5.48. The summed E-state index contributed by atoms with van der Waals surface area (Å²) < 4.78 is 0. The Bertz CT molecular complexity index is 259. The number of carbonyl (C=O) groups is 1. The first-order valence-electron chi connectivity index (χ1n) is 7.76. The van der Waals surface area contributed by atoms with Gasteiger partial charge >= 0.3 is 5.97 Å². The van der Waals surface area contributed by atoms with E-state index in [4.69, 9.17) is 0 Å². The second-order valence-electron chi connectivity index (χ2n) is 6.04. The fourth-order valence-corrected chi connectivity index (χ4v) is 3.55. The van der Waals surface area contributed by atoms with Crippen molar-refractivity contribution in [1.82, 2.24) is 5.32 Å². The Morgan fingerprint density at radius 3 is 2.06 bits per heavy atom. The van der Waals surface area contributed by atoms with Crippen LogP contribution in [-0.2, 0) is 4.79 Å². The summed E-state index contributed by atoms with van der Waals surface area (Å²) in [5, 5.41) is 13.1. The van der Waals surface area contributed by atoms with Crippen LogP contribution < -0.4 is 5.32 Å². The zero-order chi connectivity index (χ0) is 12.8. The molecule has 2 atom stereocenters. The molecule has 3 nitrogen and oxygen atoms in total. The van der Waals surface area contributed by atoms with Gasteiger partial charge in [0.2, 0.25) is 0 Å². The van der Waals surface area contributed by atoms with Crippen LogP contribution in [0.3, 0.4) is 0 Å². The highest BCUT2D eigenvalue weighted by Gasteiger charge is 2.30. The molecule has 2 rings (SSSR count). The van der Waals surface area contributed by atoms with Crippen LogP contribution in [0.4, 0.5) is 0 Å². The normalized spacial score (nSPS) is 31.6. The van der Waals surface area contributed by atoms with Gasteiger partial charge in [-0.15, -0.1) is 0 Å². The maximum atomic E-state index is 11.4. The minimum atomic E-state index is -0.594. The van der Waals surface area contributed by atoms with Crippen LogP contribution in [0, 0.1) is 5.92 Å². The van der Waals surface area contributed by atoms with E-state index in [0.717, 1.165) is 19.3 Å². The van der Waals surface area contributed by atoms with Crippen molar-refractivity contribution in [3.8, 4) is 0 Å². The molecule has 3 heteroatoms. The lowest BCUT2D eigenvalue weighted by Gasteiger charge is -2.28. The van der Waals surface area contributed by atoms with Gasteiger partial charge in [0, 0.05) is 12.1 Å². The standard InChI is InChI=1S/C15H27NO2/c17-15(18)13-10-6-3-7-11-14(13)16-12-8-4-1-2-5-9-12/h12-14,16H,1-11H2,(H,17,18). The molecule has 2 unspecified atom stereocenters. The predicted octanol–water partition coefficient (Wildman–Crippen LogP) is 3.33. The van der Waals surface area contributed by atoms with Crippen molar-refractivity contribution < 1.29 is 9.90 Å². The lowest BCUT2D eigenvalue weighted by atomic mass is 9.93. The molecule has 0 saturated heterocycles. The van der Waals surface area contributed by atoms with Crippen molar-refractivity contribution in [1.29, 1.82) is 0 Å². The van der Waals surface area contributed by atoms with E-state index in [9.17, 15) is 9.90 Å². The smallest absolute Gasteiger partial charge is 0.308 e. The van der Waals surface area contributed by atoms with Gasteiger partial charge in [-0.3, -0.25) is 4.79 Å². The van der Waals surface area contributed by atoms with Gasteiger partial charge in [0.15, 0.2) is 0 Å². The van der Waals surface area contributed by atoms with Crippen LogP contribution in [0.15, 0.2) is 0 Å². The molecule has 0 amide bonds. The highest BCUT2D eigenvalue weighted by molar-refractivity contribution is 5.70. The van der Waals surface area contributed by atoms with Crippen molar-refractivity contribution in [3.63, 3.8) is 0 Å². The van der Waals surface area contributed by atoms with Crippen molar-refractivity contribution in [3.05, 3.63) is 0 Å². The first-order chi connectivity index (χ1) is 8.77. The van der Waals surface area contributed by atoms with Gasteiger partial charge in [-0.1, -0.05) is 44.9 Å². The quantitative estimate of drug-likeness (QED) is 0.758. The summed E-state index contributed by atoms with van der Waals surface area (Å²) in [6.07, 6.45) is 13.2. The number of aliphatic carboxylic acids is 1. The molecule has 2 N–H and O–H groups in total. The molecule has 0 spiro atoms. The van der Waals surface area contributed by atoms with Crippen LogP contribution >= 0.6 is 0 Å². The van der Waals surface area contributed by atoms with Crippen molar-refractivity contribution in [2.45, 2.75) is 82.7 Å². The number of rotatable bonds is 3. The Morgan fingerprint density at radius 2 is 1.39 bits per heavy atom. The second kappa shape index (κ2) is 7.13. The van der Waals surface area contributed by atoms with Gasteiger partial charge < -0.3 is 10.4 Å². The van der Waals surface area contributed by atoms with E-state index in [1.807, 2.05) is 0 Å². The van der Waals surface area contributed by atoms with Crippen LogP contribution in [0.25, 0.3) is 0 Å². The largest absolute Gasteiger partial charge is 0.481 e. The number of hydrogen-bond donors (Lipinski definition) is 2. The summed E-state index contributed by atoms with van der Waals surface area (Å²) in [5.41, 5.74) is 0. The summed E-state index contributed by atoms with van der Waals surface area (Å²) in [4.78, 5) is 11.4. The molecule has 0 aromatic heterocycles. The van der Waals surface area contributed by atoms with E-state index in [1.54, 1.807) is 0 Å². The summed E-state index contributed by atoms with van der Waals surface area (Å²) in [6, 6.07) is 0.783. The van der Waals surface area contributed by atoms with E-state index in [2.05, 4.69) is 5.32 Å². The zero-order valence-corrected chi connectivity index (χ0v) is 11.4. The third kappa shape index (κ3) is 3.98. The minimum Gasteiger partial charge on any atom is -0.481 e. The Labute approximate surface area is 110 Å². The molecule has 2 aliphatic rings. The monoisotopic (exact) mass is 253 g/mol. The summed E-state index contributed by atoms with van der Waals surface area (Å²) in [7, 11) is 0. The van der Waals surface area contributed by atoms with Crippen molar-refractivity contribution in [2.24, 2.45) is 5.92 Å². The average Bonchev–Trinajstić information content (AvgIpc) is 2.72. The maximum Gasteiger partial charge on any atom is 0.308 e. The van der Waals surface area contributed by atoms with Crippen molar-refractivity contribution >= 4 is 5.97 Å². The molecule has 2 aliphatic carbocycles. The van der Waals surface area contributed by atoms with Gasteiger partial charge in [-0.05, 0) is 25.7 Å². The first-order valence-corrected chi connectivity index (χ1v) is 7.76. The topological polar surface area (TPSA) is 49.3 Å². The summed E-state index contributed by atoms with van der Waals surface area (Å²) in [5.74, 6) is -0.751. The van der Waals surface area contributed by atoms with Crippen molar-refractivity contribution in [2.75, 3.05) is 0 Å². The van der Waals surface area contributed by atoms with E-state index >= 15 is 0 Å². The first kappa shape index (κ1) is 13.9. The lowest BCUT2D eigenvalue weighted by Crippen LogP contribution is -2.44. The molecule has 0 radical (unpaired) electrons. The van der Waals surface area contributed by atoms with Crippen LogP contribution in [0.1, 0.15) is 70.6 Å². The number of hydrogen-bond acceptors (Lipinski definition) is 2. The molecular formula is C15H27NO2. The lowest BCUT2D eigenvalue weighted by molar-refractivity contribution is -0.143. The third-order valence-corrected chi connectivity index (χ3v) is 4.64. The van der Waals surface area contributed by atoms with Gasteiger partial charge in [-0.2, -0.15) is 0 Å². The summed E-state index contributed by atoms with van der Waals surface area (Å²) >= 11 is 0. The molecule has 2 saturated carbocycles. The molecular weight excluding hydrogens is 226 g/mol. The molecule has 0 heterocycles. The molecule has 0 aliphatic heterocycles. The van der Waals surface area contributed by atoms with Gasteiger partial charge in [-0.25, -0.2) is 0 Å². The van der Waals surface area contributed by atoms with E-state index in [-0.39, 0.29) is 12.0 Å². The minimum absolute atomic E-state index is 0.157. The summed E-state index contributed by atoms with van der Waals surface area (Å²) in [6.45, 7) is 0. The number of carboxylic acids is 1. The molecule has 0 aromatic carbocycles. The fraction of sp³-hybridized carbons (Fsp3) is 0.933. The predicted molar refractivity (Wildman–Crippen MR) is 72.6 cm³/mol.